The number of rotatable bonds is 2. The largest absolute Gasteiger partial charge is 0.225 e. The smallest absolute Gasteiger partial charge is 0.221 e. The van der Waals surface area contributed by atoms with Gasteiger partial charge < -0.3 is 0 Å². The molecule has 1 aromatic carbocycles. The van der Waals surface area contributed by atoms with Gasteiger partial charge in [0.2, 0.25) is 11.1 Å². The van der Waals surface area contributed by atoms with E-state index in [1.807, 2.05) is 0 Å². The van der Waals surface area contributed by atoms with Crippen LogP contribution in [-0.4, -0.2) is 4.21 Å². The molecule has 0 spiro atoms. The van der Waals surface area contributed by atoms with Crippen LogP contribution >= 0.6 is 0 Å². The van der Waals surface area contributed by atoms with Gasteiger partial charge in [-0.3, -0.25) is 0 Å². The highest BCUT2D eigenvalue weighted by atomic mass is 32.2. The van der Waals surface area contributed by atoms with E-state index in [1.54, 1.807) is 18.2 Å². The molecular formula is C6H5FO2S. The van der Waals surface area contributed by atoms with E-state index >= 15 is 0 Å². The third-order valence-corrected chi connectivity index (χ3v) is 1.76. The second-order valence-corrected chi connectivity index (χ2v) is 2.68. The third kappa shape index (κ3) is 1.62. The van der Waals surface area contributed by atoms with Crippen LogP contribution in [0.5, 0.6) is 0 Å². The van der Waals surface area contributed by atoms with E-state index in [0.29, 0.717) is 4.90 Å². The molecule has 1 rings (SSSR count). The lowest BCUT2D eigenvalue weighted by Gasteiger charge is -1.91. The predicted molar refractivity (Wildman–Crippen MR) is 35.0 cm³/mol. The van der Waals surface area contributed by atoms with Gasteiger partial charge in [-0.2, -0.15) is 0 Å². The summed E-state index contributed by atoms with van der Waals surface area (Å²) in [5, 5.41) is 0. The average molecular weight is 160 g/mol. The van der Waals surface area contributed by atoms with Crippen molar-refractivity contribution < 1.29 is 13.1 Å². The lowest BCUT2D eigenvalue weighted by atomic mass is 10.4. The van der Waals surface area contributed by atoms with Crippen LogP contribution in [0.1, 0.15) is 0 Å². The van der Waals surface area contributed by atoms with Crippen LogP contribution in [0.4, 0.5) is 4.53 Å². The van der Waals surface area contributed by atoms with Crippen molar-refractivity contribution >= 4 is 11.1 Å². The summed E-state index contributed by atoms with van der Waals surface area (Å²) in [6.07, 6.45) is 0. The standard InChI is InChI=1S/C6H5FO2S/c7-9-10(8)6-4-2-1-3-5-6/h1-5H. The van der Waals surface area contributed by atoms with Crippen LogP contribution < -0.4 is 0 Å². The third-order valence-electron chi connectivity index (χ3n) is 0.993. The second-order valence-electron chi connectivity index (χ2n) is 1.61. The van der Waals surface area contributed by atoms with E-state index in [4.69, 9.17) is 0 Å². The Hall–Kier alpha value is -0.740. The van der Waals surface area contributed by atoms with Crippen molar-refractivity contribution in [3.63, 3.8) is 0 Å². The molecule has 1 unspecified atom stereocenters. The first kappa shape index (κ1) is 7.37. The molecule has 0 aliphatic carbocycles. The zero-order valence-corrected chi connectivity index (χ0v) is 5.81. The molecule has 0 N–H and O–H groups in total. The van der Waals surface area contributed by atoms with Crippen molar-refractivity contribution in [3.05, 3.63) is 30.3 Å². The minimum Gasteiger partial charge on any atom is -0.221 e. The molecule has 1 atom stereocenters. The van der Waals surface area contributed by atoms with Gasteiger partial charge >= 0.3 is 0 Å². The minimum absolute atomic E-state index is 0.324. The van der Waals surface area contributed by atoms with Gasteiger partial charge in [-0.15, -0.1) is 0 Å². The molecule has 2 nitrogen and oxygen atoms in total. The highest BCUT2D eigenvalue weighted by molar-refractivity contribution is 7.80. The molecule has 54 valence electrons. The Morgan fingerprint density at radius 1 is 1.30 bits per heavy atom. The van der Waals surface area contributed by atoms with Crippen LogP contribution in [-0.2, 0) is 15.5 Å². The zero-order valence-electron chi connectivity index (χ0n) is 4.99. The van der Waals surface area contributed by atoms with Gasteiger partial charge in [-0.05, 0) is 16.7 Å². The summed E-state index contributed by atoms with van der Waals surface area (Å²) in [5.41, 5.74) is 0. The lowest BCUT2D eigenvalue weighted by Crippen LogP contribution is -1.88. The molecular weight excluding hydrogens is 155 g/mol. The number of hydrogen-bond donors (Lipinski definition) is 0. The van der Waals surface area contributed by atoms with Crippen LogP contribution in [0.3, 0.4) is 0 Å². The van der Waals surface area contributed by atoms with Gasteiger partial charge in [-0.1, -0.05) is 22.6 Å². The van der Waals surface area contributed by atoms with Crippen molar-refractivity contribution in [1.82, 2.24) is 0 Å². The molecule has 0 saturated carbocycles. The maximum absolute atomic E-state index is 11.3. The molecule has 0 aliphatic rings. The molecule has 0 aliphatic heterocycles. The first-order valence-electron chi connectivity index (χ1n) is 2.60. The second kappa shape index (κ2) is 3.43. The van der Waals surface area contributed by atoms with E-state index in [-0.39, 0.29) is 0 Å². The van der Waals surface area contributed by atoms with Crippen molar-refractivity contribution in [1.29, 1.82) is 0 Å². The summed E-state index contributed by atoms with van der Waals surface area (Å²) in [6, 6.07) is 8.11. The molecule has 0 heterocycles. The Bertz CT molecular complexity index is 224. The molecule has 10 heavy (non-hydrogen) atoms. The fraction of sp³-hybridized carbons (Fsp3) is 0. The lowest BCUT2D eigenvalue weighted by molar-refractivity contribution is 0.0125. The Balaban J connectivity index is 2.85. The van der Waals surface area contributed by atoms with Crippen molar-refractivity contribution in [3.8, 4) is 0 Å². The van der Waals surface area contributed by atoms with Gasteiger partial charge in [0.25, 0.3) is 0 Å². The minimum atomic E-state index is -1.96. The summed E-state index contributed by atoms with van der Waals surface area (Å²) in [4.78, 5) is 0.324. The molecule has 0 radical (unpaired) electrons. The van der Waals surface area contributed by atoms with E-state index in [0.717, 1.165) is 0 Å². The van der Waals surface area contributed by atoms with Crippen LogP contribution in [0.2, 0.25) is 0 Å². The van der Waals surface area contributed by atoms with Crippen molar-refractivity contribution in [2.75, 3.05) is 0 Å². The fourth-order valence-corrected chi connectivity index (χ4v) is 1.02. The van der Waals surface area contributed by atoms with Gasteiger partial charge in [0.15, 0.2) is 0 Å². The van der Waals surface area contributed by atoms with E-state index in [1.165, 1.54) is 12.1 Å². The van der Waals surface area contributed by atoms with Crippen LogP contribution in [0.15, 0.2) is 35.2 Å². The maximum atomic E-state index is 11.3. The predicted octanol–water partition coefficient (Wildman–Crippen LogP) is 1.61. The SMILES string of the molecule is O=S(OF)c1ccccc1. The number of hydrogen-bond acceptors (Lipinski definition) is 2. The van der Waals surface area contributed by atoms with Gasteiger partial charge in [0.1, 0.15) is 0 Å². The summed E-state index contributed by atoms with van der Waals surface area (Å²) in [6.45, 7) is 0. The summed E-state index contributed by atoms with van der Waals surface area (Å²) in [7, 11) is 0. The molecule has 0 aromatic heterocycles. The van der Waals surface area contributed by atoms with E-state index < -0.39 is 11.1 Å². The van der Waals surface area contributed by atoms with Gasteiger partial charge in [0, 0.05) is 0 Å². The molecule has 0 amide bonds. The quantitative estimate of drug-likeness (QED) is 0.657. The number of benzene rings is 1. The van der Waals surface area contributed by atoms with Gasteiger partial charge in [-0.25, -0.2) is 4.21 Å². The first-order valence-corrected chi connectivity index (χ1v) is 3.68. The van der Waals surface area contributed by atoms with Crippen LogP contribution in [0.25, 0.3) is 0 Å². The van der Waals surface area contributed by atoms with Crippen molar-refractivity contribution in [2.24, 2.45) is 0 Å². The highest BCUT2D eigenvalue weighted by Crippen LogP contribution is 2.05. The normalized spacial score (nSPS) is 12.9. The van der Waals surface area contributed by atoms with E-state index in [2.05, 4.69) is 4.39 Å². The molecule has 0 bridgehead atoms. The molecule has 1 aromatic rings. The Morgan fingerprint density at radius 2 is 1.90 bits per heavy atom. The Morgan fingerprint density at radius 3 is 2.40 bits per heavy atom. The number of halogens is 1. The summed E-state index contributed by atoms with van der Waals surface area (Å²) in [5.74, 6) is 0. The fourth-order valence-electron chi connectivity index (χ4n) is 0.568. The van der Waals surface area contributed by atoms with Crippen molar-refractivity contribution in [2.45, 2.75) is 4.90 Å². The molecule has 4 heteroatoms. The van der Waals surface area contributed by atoms with Gasteiger partial charge in [0.05, 0.1) is 4.90 Å². The monoisotopic (exact) mass is 160 g/mol. The highest BCUT2D eigenvalue weighted by Gasteiger charge is 2.01. The van der Waals surface area contributed by atoms with Crippen LogP contribution in [0, 0.1) is 0 Å². The molecule has 0 saturated heterocycles. The average Bonchev–Trinajstić information content (AvgIpc) is 2.05. The molecule has 0 fully saturated rings. The summed E-state index contributed by atoms with van der Waals surface area (Å²) >= 11 is -1.96. The first-order chi connectivity index (χ1) is 4.84. The van der Waals surface area contributed by atoms with E-state index in [9.17, 15) is 8.74 Å². The zero-order chi connectivity index (χ0) is 7.40. The topological polar surface area (TPSA) is 26.3 Å². The maximum Gasteiger partial charge on any atom is 0.225 e. The Kier molecular flexibility index (Phi) is 2.53. The summed E-state index contributed by atoms with van der Waals surface area (Å²) < 4.78 is 24.9. The Labute approximate surface area is 60.2 Å².